The highest BCUT2D eigenvalue weighted by Gasteiger charge is 2.70. The Hall–Kier alpha value is -6.23. The smallest absolute Gasteiger partial charge is 0.335 e. The number of rotatable bonds is 7. The highest BCUT2D eigenvalue weighted by Crippen LogP contribution is 2.64. The molecule has 2 aliphatic carbocycles. The van der Waals surface area contributed by atoms with Crippen molar-refractivity contribution in [1.29, 1.82) is 0 Å². The van der Waals surface area contributed by atoms with Crippen LogP contribution in [0.4, 0.5) is 11.4 Å². The predicted molar refractivity (Wildman–Crippen MR) is 189 cm³/mol. The van der Waals surface area contributed by atoms with Crippen molar-refractivity contribution in [3.8, 4) is 11.5 Å². The third-order valence-corrected chi connectivity index (χ3v) is 11.3. The van der Waals surface area contributed by atoms with Crippen molar-refractivity contribution < 1.29 is 38.9 Å². The number of phenols is 1. The summed E-state index contributed by atoms with van der Waals surface area (Å²) in [6.07, 6.45) is 2.21. The van der Waals surface area contributed by atoms with E-state index in [2.05, 4.69) is 5.43 Å². The molecule has 0 aromatic heterocycles. The summed E-state index contributed by atoms with van der Waals surface area (Å²) in [5.74, 6) is -7.04. The molecule has 4 aromatic carbocycles. The van der Waals surface area contributed by atoms with E-state index in [0.29, 0.717) is 16.8 Å². The maximum absolute atomic E-state index is 15.2. The molecule has 3 N–H and O–H groups in total. The number of benzene rings is 4. The molecule has 4 amide bonds. The maximum Gasteiger partial charge on any atom is 0.335 e. The number of hydrogen-bond donors (Lipinski definition) is 3. The van der Waals surface area contributed by atoms with E-state index in [1.54, 1.807) is 30.3 Å². The van der Waals surface area contributed by atoms with E-state index in [1.165, 1.54) is 31.4 Å². The average molecular weight is 698 g/mol. The van der Waals surface area contributed by atoms with Crippen LogP contribution in [-0.4, -0.2) is 51.9 Å². The van der Waals surface area contributed by atoms with E-state index in [1.807, 2.05) is 55.5 Å². The van der Waals surface area contributed by atoms with Crippen LogP contribution in [0.5, 0.6) is 11.5 Å². The number of hydrogen-bond acceptors (Lipinski definition) is 8. The Kier molecular flexibility index (Phi) is 7.74. The lowest BCUT2D eigenvalue weighted by molar-refractivity contribution is -0.138. The summed E-state index contributed by atoms with van der Waals surface area (Å²) in [6, 6.07) is 27.1. The Labute approximate surface area is 299 Å². The molecular formula is C41H35N3O8. The van der Waals surface area contributed by atoms with Gasteiger partial charge in [0, 0.05) is 5.92 Å². The number of aryl methyl sites for hydroxylation is 1. The van der Waals surface area contributed by atoms with Crippen LogP contribution in [0, 0.1) is 30.6 Å². The van der Waals surface area contributed by atoms with Crippen molar-refractivity contribution >= 4 is 41.0 Å². The van der Waals surface area contributed by atoms with E-state index >= 15 is 4.79 Å². The average Bonchev–Trinajstić information content (AvgIpc) is 3.53. The number of aromatic hydroxyl groups is 1. The number of fused-ring (bicyclic) bond motifs is 4. The molecule has 0 unspecified atom stereocenters. The maximum atomic E-state index is 15.2. The summed E-state index contributed by atoms with van der Waals surface area (Å²) in [7, 11) is 1.44. The number of nitrogens with one attached hydrogen (secondary N) is 1. The van der Waals surface area contributed by atoms with E-state index in [0.717, 1.165) is 21.0 Å². The van der Waals surface area contributed by atoms with Crippen LogP contribution in [0.2, 0.25) is 0 Å². The molecule has 2 saturated heterocycles. The number of nitrogens with zero attached hydrogens (tertiary/aromatic N) is 2. The van der Waals surface area contributed by atoms with Gasteiger partial charge in [-0.25, -0.2) is 4.79 Å². The number of phenolic OH excluding ortho intramolecular Hbond substituents is 1. The lowest BCUT2D eigenvalue weighted by Crippen LogP contribution is -2.53. The molecule has 2 aliphatic heterocycles. The predicted octanol–water partition coefficient (Wildman–Crippen LogP) is 5.60. The van der Waals surface area contributed by atoms with Gasteiger partial charge in [-0.2, -0.15) is 5.01 Å². The van der Waals surface area contributed by atoms with Gasteiger partial charge in [-0.15, -0.1) is 0 Å². The van der Waals surface area contributed by atoms with Gasteiger partial charge in [-0.05, 0) is 79.3 Å². The Morgan fingerprint density at radius 3 is 2.31 bits per heavy atom. The first-order valence-electron chi connectivity index (χ1n) is 17.1. The van der Waals surface area contributed by atoms with Gasteiger partial charge in [0.15, 0.2) is 11.5 Å². The molecule has 4 aliphatic rings. The molecule has 6 atom stereocenters. The molecule has 1 saturated carbocycles. The van der Waals surface area contributed by atoms with Crippen LogP contribution < -0.4 is 15.1 Å². The fraction of sp³-hybridized carbons (Fsp3) is 0.244. The molecule has 4 aromatic rings. The highest BCUT2D eigenvalue weighted by atomic mass is 16.5. The number of methoxy groups -OCH3 is 1. The highest BCUT2D eigenvalue weighted by molar-refractivity contribution is 6.23. The quantitative estimate of drug-likeness (QED) is 0.166. The van der Waals surface area contributed by atoms with Crippen molar-refractivity contribution in [2.45, 2.75) is 31.1 Å². The number of anilines is 2. The van der Waals surface area contributed by atoms with Gasteiger partial charge in [0.2, 0.25) is 11.8 Å². The number of aromatic carboxylic acids is 1. The van der Waals surface area contributed by atoms with E-state index < -0.39 is 64.6 Å². The second-order valence-electron chi connectivity index (χ2n) is 13.9. The third kappa shape index (κ3) is 4.75. The standard InChI is InChI=1S/C41H35N3O8/c1-22-11-14-26(15-12-22)42-44-37(47)31-21-30-28(16-17-29-34(30)38(48)43(36(29)46)27-10-6-7-24(19-27)39(49)50)35(23-13-18-33(52-2)32(45)20-23)41(31,40(44)51)25-8-4-3-5-9-25/h3-16,18-20,29-31,34-35,42,45H,17,21H2,1-2H3,(H,49,50)/t29-,30+,31-,34-,35-,41+/m0/s1. The number of allylic oxidation sites excluding steroid dienone is 2. The Balaban J connectivity index is 1.31. The number of imide groups is 2. The van der Waals surface area contributed by atoms with Crippen LogP contribution in [-0.2, 0) is 24.6 Å². The minimum atomic E-state index is -1.49. The number of ether oxygens (including phenoxy) is 1. The summed E-state index contributed by atoms with van der Waals surface area (Å²) in [5, 5.41) is 21.8. The number of carbonyl (C=O) groups excluding carboxylic acids is 4. The zero-order chi connectivity index (χ0) is 36.5. The van der Waals surface area contributed by atoms with Gasteiger partial charge in [0.1, 0.15) is 0 Å². The lowest BCUT2D eigenvalue weighted by Gasteiger charge is -2.50. The zero-order valence-corrected chi connectivity index (χ0v) is 28.4. The van der Waals surface area contributed by atoms with E-state index in [9.17, 15) is 29.4 Å². The minimum Gasteiger partial charge on any atom is -0.504 e. The number of amides is 4. The fourth-order valence-electron chi connectivity index (χ4n) is 9.04. The summed E-state index contributed by atoms with van der Waals surface area (Å²) in [4.78, 5) is 71.4. The van der Waals surface area contributed by atoms with Crippen molar-refractivity contribution in [1.82, 2.24) is 5.01 Å². The second kappa shape index (κ2) is 12.2. The summed E-state index contributed by atoms with van der Waals surface area (Å²) >= 11 is 0. The minimum absolute atomic E-state index is 0.0623. The van der Waals surface area contributed by atoms with Gasteiger partial charge in [-0.3, -0.25) is 29.5 Å². The van der Waals surface area contributed by atoms with Crippen LogP contribution in [0.15, 0.2) is 109 Å². The van der Waals surface area contributed by atoms with Gasteiger partial charge in [-0.1, -0.05) is 71.8 Å². The molecule has 2 heterocycles. The van der Waals surface area contributed by atoms with Crippen LogP contribution in [0.3, 0.4) is 0 Å². The SMILES string of the molecule is COc1ccc([C@H]2C3=CC[C@@H]4C(=O)N(c5cccc(C(=O)O)c5)C(=O)[C@@H]4[C@@H]3C[C@H]3C(=O)N(Nc4ccc(C)cc4)C(=O)[C@@]23c2ccccc2)cc1O. The van der Waals surface area contributed by atoms with Crippen molar-refractivity contribution in [2.75, 3.05) is 17.4 Å². The normalized spacial score (nSPS) is 26.4. The monoisotopic (exact) mass is 697 g/mol. The molecule has 3 fully saturated rings. The summed E-state index contributed by atoms with van der Waals surface area (Å²) < 4.78 is 5.35. The summed E-state index contributed by atoms with van der Waals surface area (Å²) in [6.45, 7) is 1.94. The molecule has 52 heavy (non-hydrogen) atoms. The molecule has 0 bridgehead atoms. The van der Waals surface area contributed by atoms with Crippen molar-refractivity contribution in [2.24, 2.45) is 23.7 Å². The Bertz CT molecular complexity index is 2200. The van der Waals surface area contributed by atoms with E-state index in [4.69, 9.17) is 4.74 Å². The molecule has 262 valence electrons. The lowest BCUT2D eigenvalue weighted by atomic mass is 9.49. The summed E-state index contributed by atoms with van der Waals surface area (Å²) in [5.41, 5.74) is 5.11. The van der Waals surface area contributed by atoms with Gasteiger partial charge in [0.05, 0.1) is 47.2 Å². The number of carbonyl (C=O) groups is 5. The van der Waals surface area contributed by atoms with Crippen molar-refractivity contribution in [3.63, 3.8) is 0 Å². The zero-order valence-electron chi connectivity index (χ0n) is 28.4. The van der Waals surface area contributed by atoms with Gasteiger partial charge >= 0.3 is 5.97 Å². The number of carboxylic acids is 1. The molecular weight excluding hydrogens is 662 g/mol. The first-order chi connectivity index (χ1) is 25.1. The number of hydrazine groups is 1. The fourth-order valence-corrected chi connectivity index (χ4v) is 9.04. The third-order valence-electron chi connectivity index (χ3n) is 11.3. The first-order valence-corrected chi connectivity index (χ1v) is 17.1. The van der Waals surface area contributed by atoms with Crippen molar-refractivity contribution in [3.05, 3.63) is 131 Å². The van der Waals surface area contributed by atoms with E-state index in [-0.39, 0.29) is 35.6 Å². The molecule has 11 heteroatoms. The molecule has 8 rings (SSSR count). The Morgan fingerprint density at radius 1 is 0.865 bits per heavy atom. The van der Waals surface area contributed by atoms with Crippen LogP contribution in [0.25, 0.3) is 0 Å². The van der Waals surface area contributed by atoms with Gasteiger partial charge < -0.3 is 14.9 Å². The van der Waals surface area contributed by atoms with Crippen LogP contribution in [0.1, 0.15) is 45.8 Å². The molecule has 11 nitrogen and oxygen atoms in total. The molecule has 0 spiro atoms. The first kappa shape index (κ1) is 32.9. The van der Waals surface area contributed by atoms with Gasteiger partial charge in [0.25, 0.3) is 11.8 Å². The topological polar surface area (TPSA) is 154 Å². The second-order valence-corrected chi connectivity index (χ2v) is 13.9. The molecule has 0 radical (unpaired) electrons. The largest absolute Gasteiger partial charge is 0.504 e. The Morgan fingerprint density at radius 2 is 1.62 bits per heavy atom. The van der Waals surface area contributed by atoms with Crippen LogP contribution >= 0.6 is 0 Å². The number of carboxylic acid groups (broad SMARTS) is 1.